The molecule has 0 rings (SSSR count). The number of hydrogen-bond acceptors (Lipinski definition) is 5. The molecule has 0 aliphatic rings. The molecule has 0 aliphatic carbocycles. The molecule has 0 spiro atoms. The summed E-state index contributed by atoms with van der Waals surface area (Å²) in [4.78, 5) is 8.33. The van der Waals surface area contributed by atoms with E-state index in [4.69, 9.17) is 24.5 Å². The first-order valence-corrected chi connectivity index (χ1v) is 23.5. The lowest BCUT2D eigenvalue weighted by atomic mass is 10.0. The third-order valence-electron chi connectivity index (χ3n) is 10.1. The van der Waals surface area contributed by atoms with Crippen molar-refractivity contribution in [3.05, 3.63) is 0 Å². The maximum absolute atomic E-state index is 8.33. The Bertz CT molecular complexity index is 637. The zero-order chi connectivity index (χ0) is 40.9. The van der Waals surface area contributed by atoms with Crippen molar-refractivity contribution in [3.63, 3.8) is 0 Å². The average molecular weight is 773 g/mol. The quantitative estimate of drug-likeness (QED) is 0.0457. The Morgan fingerprint density at radius 1 is 0.333 bits per heavy atom. The maximum atomic E-state index is 8.33. The molecule has 0 unspecified atom stereocenters. The van der Waals surface area contributed by atoms with Crippen molar-refractivity contribution in [1.29, 1.82) is 0 Å². The van der Waals surface area contributed by atoms with E-state index in [0.29, 0.717) is 0 Å². The molecule has 0 aromatic carbocycles. The summed E-state index contributed by atoms with van der Waals surface area (Å²) in [6.45, 7) is 10.5. The van der Waals surface area contributed by atoms with Crippen LogP contribution in [0.2, 0.25) is 0 Å². The van der Waals surface area contributed by atoms with Crippen molar-refractivity contribution in [2.75, 3.05) is 81.8 Å². The number of carboxylic acid groups (broad SMARTS) is 2. The lowest BCUT2D eigenvalue weighted by molar-refractivity contribution is -0.870. The molecule has 0 amide bonds. The first kappa shape index (κ1) is 57.4. The molecule has 0 atom stereocenters. The van der Waals surface area contributed by atoms with Crippen LogP contribution in [0.5, 0.6) is 0 Å². The van der Waals surface area contributed by atoms with Crippen molar-refractivity contribution in [3.8, 4) is 0 Å². The summed E-state index contributed by atoms with van der Waals surface area (Å²) < 4.78 is 13.4. The minimum atomic E-state index is -2.33. The van der Waals surface area contributed by atoms with E-state index in [1.807, 2.05) is 0 Å². The normalized spacial score (nSPS) is 11.6. The van der Waals surface area contributed by atoms with Gasteiger partial charge < -0.3 is 33.4 Å². The fourth-order valence-electron chi connectivity index (χ4n) is 6.39. The molecule has 0 heterocycles. The molecule has 7 heteroatoms. The third kappa shape index (κ3) is 69.1. The zero-order valence-electron chi connectivity index (χ0n) is 38.3. The maximum Gasteiger partial charge on any atom is 0.102 e. The van der Waals surface area contributed by atoms with E-state index in [9.17, 15) is 0 Å². The fraction of sp³-hybridized carbons (Fsp3) is 0.979. The van der Waals surface area contributed by atoms with Crippen LogP contribution in [0, 0.1) is 0 Å². The van der Waals surface area contributed by atoms with E-state index in [1.165, 1.54) is 205 Å². The Morgan fingerprint density at radius 3 is 0.667 bits per heavy atom. The molecule has 0 aromatic heterocycles. The summed E-state index contributed by atoms with van der Waals surface area (Å²) in [5.41, 5.74) is 0. The minimum absolute atomic E-state index is 0.905. The van der Waals surface area contributed by atoms with E-state index in [1.54, 1.807) is 0 Å². The first-order valence-electron chi connectivity index (χ1n) is 23.5. The molecule has 0 saturated heterocycles. The molecular formula is C47H100N2O5. The van der Waals surface area contributed by atoms with Gasteiger partial charge in [-0.05, 0) is 19.0 Å². The van der Waals surface area contributed by atoms with Gasteiger partial charge >= 0.3 is 0 Å². The monoisotopic (exact) mass is 773 g/mol. The van der Waals surface area contributed by atoms with Crippen LogP contribution >= 0.6 is 0 Å². The second kappa shape index (κ2) is 46.5. The van der Waals surface area contributed by atoms with Gasteiger partial charge in [-0.1, -0.05) is 206 Å². The summed E-state index contributed by atoms with van der Waals surface area (Å²) in [6.07, 6.45) is 43.4. The topological polar surface area (TPSA) is 81.7 Å². The van der Waals surface area contributed by atoms with Gasteiger partial charge in [0.05, 0.1) is 55.5 Å². The summed E-state index contributed by atoms with van der Waals surface area (Å²) >= 11 is 0. The second-order valence-corrected chi connectivity index (χ2v) is 18.1. The largest absolute Gasteiger partial charge is 0.652 e. The number of quaternary nitrogens is 2. The lowest BCUT2D eigenvalue weighted by Gasteiger charge is -2.23. The highest BCUT2D eigenvalue weighted by Gasteiger charge is 2.06. The SMILES string of the molecule is CCCCCCCCCCCCCCCCCCOCC[N+](C)(C)C.CCCCCCCCCCCCCCCCCCOCC[N+](C)(C)C.O=C([O-])[O-]. The Labute approximate surface area is 339 Å². The van der Waals surface area contributed by atoms with Crippen LogP contribution < -0.4 is 10.2 Å². The smallest absolute Gasteiger partial charge is 0.102 e. The molecule has 54 heavy (non-hydrogen) atoms. The number of rotatable bonds is 40. The van der Waals surface area contributed by atoms with Gasteiger partial charge in [-0.2, -0.15) is 0 Å². The van der Waals surface area contributed by atoms with E-state index < -0.39 is 6.16 Å². The van der Waals surface area contributed by atoms with E-state index in [-0.39, 0.29) is 0 Å². The van der Waals surface area contributed by atoms with Gasteiger partial charge in [0.1, 0.15) is 13.1 Å². The molecular weight excluding hydrogens is 673 g/mol. The van der Waals surface area contributed by atoms with Gasteiger partial charge in [-0.3, -0.25) is 0 Å². The molecule has 7 nitrogen and oxygen atoms in total. The number of ether oxygens (including phenoxy) is 2. The van der Waals surface area contributed by atoms with Crippen LogP contribution in [0.3, 0.4) is 0 Å². The van der Waals surface area contributed by atoms with Gasteiger partial charge in [0.2, 0.25) is 0 Å². The van der Waals surface area contributed by atoms with Crippen molar-refractivity contribution in [2.45, 2.75) is 219 Å². The van der Waals surface area contributed by atoms with Crippen LogP contribution in [-0.2, 0) is 9.47 Å². The third-order valence-corrected chi connectivity index (χ3v) is 10.1. The van der Waals surface area contributed by atoms with Gasteiger partial charge in [0.25, 0.3) is 0 Å². The van der Waals surface area contributed by atoms with Gasteiger partial charge in [0.15, 0.2) is 0 Å². The predicted molar refractivity (Wildman–Crippen MR) is 232 cm³/mol. The standard InChI is InChI=1S/2C23H50NO.CH2O3/c2*1-5-6-7-8-9-10-11-12-13-14-15-16-17-18-19-20-22-25-23-21-24(2,3)4;2-1(3)4/h2*5-23H2,1-4H3;(H2,2,3,4)/q2*+1;/p-2. The molecule has 0 fully saturated rings. The van der Waals surface area contributed by atoms with Crippen LogP contribution in [0.4, 0.5) is 4.79 Å². The lowest BCUT2D eigenvalue weighted by Crippen LogP contribution is -2.37. The van der Waals surface area contributed by atoms with E-state index >= 15 is 0 Å². The van der Waals surface area contributed by atoms with Crippen LogP contribution in [0.25, 0.3) is 0 Å². The molecule has 0 bridgehead atoms. The summed E-state index contributed by atoms with van der Waals surface area (Å²) in [6, 6.07) is 0. The fourth-order valence-corrected chi connectivity index (χ4v) is 6.39. The van der Waals surface area contributed by atoms with Gasteiger partial charge in [0, 0.05) is 13.2 Å². The van der Waals surface area contributed by atoms with Crippen LogP contribution in [0.1, 0.15) is 219 Å². The molecule has 0 aliphatic heterocycles. The number of likely N-dealkylation sites (N-methyl/N-ethyl adjacent to an activating group) is 2. The van der Waals surface area contributed by atoms with Crippen LogP contribution in [0.15, 0.2) is 0 Å². The molecule has 0 N–H and O–H groups in total. The Morgan fingerprint density at radius 2 is 0.500 bits per heavy atom. The number of carbonyl (C=O) groups excluding carboxylic acids is 1. The summed E-state index contributed by atoms with van der Waals surface area (Å²) in [7, 11) is 13.3. The average Bonchev–Trinajstić information content (AvgIpc) is 3.09. The van der Waals surface area contributed by atoms with E-state index in [0.717, 1.165) is 48.5 Å². The molecule has 0 saturated carbocycles. The highest BCUT2D eigenvalue weighted by atomic mass is 16.6. The highest BCUT2D eigenvalue weighted by molar-refractivity contribution is 5.47. The number of hydrogen-bond donors (Lipinski definition) is 0. The minimum Gasteiger partial charge on any atom is -0.652 e. The predicted octanol–water partition coefficient (Wildman–Crippen LogP) is 11.5. The van der Waals surface area contributed by atoms with Crippen molar-refractivity contribution < 1.29 is 33.4 Å². The Balaban J connectivity index is -0.000000875. The number of carbonyl (C=O) groups is 1. The summed E-state index contributed by atoms with van der Waals surface area (Å²) in [5, 5.41) is 16.7. The molecule has 0 radical (unpaired) electrons. The molecule has 0 aromatic rings. The highest BCUT2D eigenvalue weighted by Crippen LogP contribution is 2.15. The Hall–Kier alpha value is -0.890. The van der Waals surface area contributed by atoms with Crippen molar-refractivity contribution in [2.24, 2.45) is 0 Å². The second-order valence-electron chi connectivity index (χ2n) is 18.1. The van der Waals surface area contributed by atoms with Crippen molar-refractivity contribution in [1.82, 2.24) is 0 Å². The number of nitrogens with zero attached hydrogens (tertiary/aromatic N) is 2. The summed E-state index contributed by atoms with van der Waals surface area (Å²) in [5.74, 6) is 0. The molecule has 328 valence electrons. The number of unbranched alkanes of at least 4 members (excludes halogenated alkanes) is 30. The van der Waals surface area contributed by atoms with Gasteiger partial charge in [-0.25, -0.2) is 0 Å². The first-order chi connectivity index (χ1) is 25.9. The van der Waals surface area contributed by atoms with E-state index in [2.05, 4.69) is 56.1 Å². The van der Waals surface area contributed by atoms with Crippen molar-refractivity contribution >= 4 is 6.16 Å². The Kier molecular flexibility index (Phi) is 49.4. The van der Waals surface area contributed by atoms with Crippen LogP contribution in [-0.4, -0.2) is 96.9 Å². The zero-order valence-corrected chi connectivity index (χ0v) is 38.3. The van der Waals surface area contributed by atoms with Gasteiger partial charge in [-0.15, -0.1) is 0 Å².